The van der Waals surface area contributed by atoms with Crippen LogP contribution in [0, 0.1) is 6.57 Å². The van der Waals surface area contributed by atoms with Crippen molar-refractivity contribution < 1.29 is 55.9 Å². The van der Waals surface area contributed by atoms with Crippen molar-refractivity contribution in [2.75, 3.05) is 12.3 Å². The van der Waals surface area contributed by atoms with Gasteiger partial charge in [-0.3, -0.25) is 28.5 Å². The van der Waals surface area contributed by atoms with Crippen LogP contribution in [0.1, 0.15) is 19.6 Å². The molecule has 0 amide bonds. The normalized spacial score (nSPS) is 24.6. The molecule has 1 aliphatic heterocycles. The summed E-state index contributed by atoms with van der Waals surface area (Å²) in [4.78, 5) is 64.2. The van der Waals surface area contributed by atoms with Crippen molar-refractivity contribution in [3.8, 4) is 0 Å². The van der Waals surface area contributed by atoms with E-state index in [0.717, 1.165) is 6.92 Å². The fraction of sp³-hybridized carbons (Fsp3) is 0.538. The zero-order valence-corrected chi connectivity index (χ0v) is 21.4. The minimum absolute atomic E-state index is 0.0217. The van der Waals surface area contributed by atoms with Crippen molar-refractivity contribution in [2.45, 2.75) is 37.6 Å². The summed E-state index contributed by atoms with van der Waals surface area (Å²) in [6.45, 7) is 7.42. The van der Waals surface area contributed by atoms with E-state index in [0.29, 0.717) is 0 Å². The smallest absolute Gasteiger partial charge is 0.369 e. The molecule has 38 heavy (non-hydrogen) atoms. The first kappa shape index (κ1) is 29.8. The van der Waals surface area contributed by atoms with Gasteiger partial charge in [0.25, 0.3) is 5.56 Å². The molecule has 2 aromatic rings. The topological polar surface area (TPSA) is 321 Å². The molecule has 0 aromatic carbocycles. The molecule has 208 valence electrons. The lowest BCUT2D eigenvalue weighted by Gasteiger charge is -2.23. The number of nitrogens with two attached hydrogens (primary N) is 1. The van der Waals surface area contributed by atoms with Crippen molar-refractivity contribution in [3.63, 3.8) is 0 Å². The average Bonchev–Trinajstić information content (AvgIpc) is 3.33. The molecule has 0 bridgehead atoms. The SMILES string of the molecule is [C-]#[N+]C(C)(N=[N+]=[N-])OC1C[C@H](n2cnc3c(=O)[nH]c(N)nc32)O[C@@H]1COP(=O)(O)OP(=O)(O)OP(=O)(O)O. The van der Waals surface area contributed by atoms with Gasteiger partial charge in [0, 0.05) is 23.4 Å². The summed E-state index contributed by atoms with van der Waals surface area (Å²) in [6, 6.07) is 0. The number of aromatic amines is 1. The highest BCUT2D eigenvalue weighted by Gasteiger charge is 2.47. The van der Waals surface area contributed by atoms with Gasteiger partial charge in [-0.2, -0.15) is 13.6 Å². The predicted molar refractivity (Wildman–Crippen MR) is 120 cm³/mol. The molecule has 1 aliphatic rings. The van der Waals surface area contributed by atoms with Crippen LogP contribution in [-0.4, -0.2) is 63.8 Å². The Morgan fingerprint density at radius 2 is 2.03 bits per heavy atom. The average molecular weight is 601 g/mol. The molecule has 2 aromatic heterocycles. The first-order valence-corrected chi connectivity index (χ1v) is 14.3. The number of H-pyrrole nitrogens is 1. The molecule has 25 heteroatoms. The molecule has 0 spiro atoms. The number of azide groups is 1. The summed E-state index contributed by atoms with van der Waals surface area (Å²) < 4.78 is 58.9. The standard InChI is InChI=1S/C13H18N9O13P3/c1-13(16-2,20-21-15)33-6-3-8(22-5-17-9-10(22)18-12(14)19-11(9)23)32-7(6)4-31-37(27,28)35-38(29,30)34-36(24,25)26/h5-8H,3-4H2,1H3,(H,27,28)(H,29,30)(H2,24,25,26)(H3,14,18,19,23)/t6?,7-,8-,13?/m1/s1. The minimum Gasteiger partial charge on any atom is -0.369 e. The van der Waals surface area contributed by atoms with E-state index in [1.165, 1.54) is 10.9 Å². The number of anilines is 1. The van der Waals surface area contributed by atoms with Crippen molar-refractivity contribution in [3.05, 3.63) is 38.5 Å². The van der Waals surface area contributed by atoms with Crippen molar-refractivity contribution in [1.82, 2.24) is 19.5 Å². The first-order chi connectivity index (χ1) is 17.5. The predicted octanol–water partition coefficient (Wildman–Crippen LogP) is 0.621. The lowest BCUT2D eigenvalue weighted by molar-refractivity contribution is -0.0985. The maximum Gasteiger partial charge on any atom is 0.490 e. The zero-order valence-electron chi connectivity index (χ0n) is 18.7. The Bertz CT molecular complexity index is 1510. The Morgan fingerprint density at radius 1 is 1.34 bits per heavy atom. The van der Waals surface area contributed by atoms with Gasteiger partial charge in [0.15, 0.2) is 11.2 Å². The lowest BCUT2D eigenvalue weighted by Crippen LogP contribution is -2.35. The van der Waals surface area contributed by atoms with Gasteiger partial charge >= 0.3 is 29.3 Å². The van der Waals surface area contributed by atoms with E-state index in [4.69, 9.17) is 37.1 Å². The van der Waals surface area contributed by atoms with Gasteiger partial charge in [-0.05, 0) is 5.53 Å². The van der Waals surface area contributed by atoms with Crippen LogP contribution in [0.2, 0.25) is 0 Å². The third kappa shape index (κ3) is 7.44. The Balaban J connectivity index is 1.86. The second kappa shape index (κ2) is 10.8. The highest BCUT2D eigenvalue weighted by atomic mass is 31.3. The third-order valence-electron chi connectivity index (χ3n) is 4.57. The van der Waals surface area contributed by atoms with Gasteiger partial charge in [-0.1, -0.05) is 0 Å². The molecule has 6 atom stereocenters. The number of hydrogen-bond acceptors (Lipinski definition) is 13. The summed E-state index contributed by atoms with van der Waals surface area (Å²) in [5.74, 6) is -2.35. The molecule has 1 saturated heterocycles. The van der Waals surface area contributed by atoms with Gasteiger partial charge in [0.1, 0.15) is 12.3 Å². The fourth-order valence-corrected chi connectivity index (χ4v) is 6.24. The van der Waals surface area contributed by atoms with Crippen LogP contribution in [0.25, 0.3) is 26.5 Å². The molecule has 3 rings (SSSR count). The minimum atomic E-state index is -5.78. The molecule has 4 unspecified atom stereocenters. The van der Waals surface area contributed by atoms with E-state index >= 15 is 0 Å². The Hall–Kier alpha value is -2.72. The van der Waals surface area contributed by atoms with Gasteiger partial charge in [0.2, 0.25) is 5.95 Å². The van der Waals surface area contributed by atoms with Gasteiger partial charge in [-0.25, -0.2) is 25.3 Å². The molecule has 3 heterocycles. The van der Waals surface area contributed by atoms with Gasteiger partial charge in [0.05, 0.1) is 19.0 Å². The number of ether oxygens (including phenoxy) is 2. The number of phosphoric acid groups is 3. The van der Waals surface area contributed by atoms with Crippen LogP contribution in [0.4, 0.5) is 5.95 Å². The lowest BCUT2D eigenvalue weighted by atomic mass is 10.2. The zero-order chi connectivity index (χ0) is 28.5. The summed E-state index contributed by atoms with van der Waals surface area (Å²) >= 11 is 0. The fourth-order valence-electron chi connectivity index (χ4n) is 3.21. The van der Waals surface area contributed by atoms with Crippen molar-refractivity contribution >= 4 is 40.6 Å². The number of aromatic nitrogens is 4. The molecule has 1 fully saturated rings. The summed E-state index contributed by atoms with van der Waals surface area (Å²) in [5.41, 5.74) is 13.5. The van der Waals surface area contributed by atoms with Gasteiger partial charge in [-0.15, -0.1) is 0 Å². The van der Waals surface area contributed by atoms with Crippen LogP contribution in [0.15, 0.2) is 16.2 Å². The van der Waals surface area contributed by atoms with Crippen LogP contribution in [0.3, 0.4) is 0 Å². The summed E-state index contributed by atoms with van der Waals surface area (Å²) in [6.07, 6.45) is -2.68. The maximum absolute atomic E-state index is 12.1. The molecule has 0 aliphatic carbocycles. The molecular weight excluding hydrogens is 583 g/mol. The number of rotatable bonds is 11. The van der Waals surface area contributed by atoms with Crippen LogP contribution < -0.4 is 11.3 Å². The second-order valence-electron chi connectivity index (χ2n) is 7.42. The van der Waals surface area contributed by atoms with E-state index < -0.39 is 59.9 Å². The number of fused-ring (bicyclic) bond motifs is 1. The Kier molecular flexibility index (Phi) is 8.48. The molecule has 22 nitrogen and oxygen atoms in total. The van der Waals surface area contributed by atoms with E-state index in [-0.39, 0.29) is 23.5 Å². The largest absolute Gasteiger partial charge is 0.490 e. The van der Waals surface area contributed by atoms with Crippen molar-refractivity contribution in [2.24, 2.45) is 5.11 Å². The number of hydrogen-bond donors (Lipinski definition) is 6. The number of imidazole rings is 1. The number of phosphoric ester groups is 1. The highest BCUT2D eigenvalue weighted by Crippen LogP contribution is 2.66. The quantitative estimate of drug-likeness (QED) is 0.0675. The Morgan fingerprint density at radius 3 is 2.63 bits per heavy atom. The van der Waals surface area contributed by atoms with E-state index in [1.807, 2.05) is 0 Å². The van der Waals surface area contributed by atoms with Crippen molar-refractivity contribution in [1.29, 1.82) is 0 Å². The summed E-state index contributed by atoms with van der Waals surface area (Å²) in [7, 11) is -16.9. The van der Waals surface area contributed by atoms with E-state index in [1.54, 1.807) is 0 Å². The van der Waals surface area contributed by atoms with Crippen LogP contribution in [0.5, 0.6) is 0 Å². The molecule has 0 radical (unpaired) electrons. The van der Waals surface area contributed by atoms with Gasteiger partial charge < -0.3 is 30.0 Å². The van der Waals surface area contributed by atoms with Crippen LogP contribution >= 0.6 is 23.5 Å². The van der Waals surface area contributed by atoms with E-state index in [9.17, 15) is 28.3 Å². The molecular formula is C13H18N9O13P3. The second-order valence-corrected chi connectivity index (χ2v) is 11.8. The third-order valence-corrected chi connectivity index (χ3v) is 8.37. The monoisotopic (exact) mass is 601 g/mol. The van der Waals surface area contributed by atoms with Crippen LogP contribution in [-0.2, 0) is 36.3 Å². The number of nitrogens with zero attached hydrogens (tertiary/aromatic N) is 7. The highest BCUT2D eigenvalue weighted by molar-refractivity contribution is 7.66. The summed E-state index contributed by atoms with van der Waals surface area (Å²) in [5, 5.41) is 3.25. The molecule has 0 saturated carbocycles. The maximum atomic E-state index is 12.1. The first-order valence-electron chi connectivity index (χ1n) is 9.75. The van der Waals surface area contributed by atoms with E-state index in [2.05, 4.69) is 43.0 Å². The number of nitrogens with one attached hydrogen (secondary N) is 1. The number of nitrogen functional groups attached to an aromatic ring is 1. The Labute approximate surface area is 210 Å². The molecule has 7 N–H and O–H groups in total.